The van der Waals surface area contributed by atoms with Gasteiger partial charge in [0.25, 0.3) is 17.7 Å². The number of halogens is 2. The van der Waals surface area contributed by atoms with Crippen molar-refractivity contribution >= 4 is 40.7 Å². The van der Waals surface area contributed by atoms with Gasteiger partial charge in [-0.05, 0) is 36.4 Å². The Morgan fingerprint density at radius 3 is 2.21 bits per heavy atom. The number of carbonyl (C=O) groups is 3. The monoisotopic (exact) mass is 415 g/mol. The number of rotatable bonds is 5. The van der Waals surface area contributed by atoms with Crippen molar-refractivity contribution in [2.24, 2.45) is 0 Å². The number of imidazole rings is 1. The Balaban J connectivity index is 1.68. The molecule has 0 unspecified atom stereocenters. The molecule has 0 saturated heterocycles. The largest absolute Gasteiger partial charge is 0.354 e. The molecule has 0 spiro atoms. The van der Waals surface area contributed by atoms with Crippen LogP contribution in [0.25, 0.3) is 0 Å². The Morgan fingerprint density at radius 2 is 1.59 bits per heavy atom. The lowest BCUT2D eigenvalue weighted by Crippen LogP contribution is -2.23. The lowest BCUT2D eigenvalue weighted by Gasteiger charge is -2.09. The van der Waals surface area contributed by atoms with Crippen molar-refractivity contribution in [1.29, 1.82) is 0 Å². The topological polar surface area (TPSA) is 116 Å². The fraction of sp³-hybridized carbons (Fsp3) is 0.0526. The molecule has 8 nitrogen and oxygen atoms in total. The molecule has 10 heteroatoms. The molecule has 0 aliphatic heterocycles. The lowest BCUT2D eigenvalue weighted by atomic mass is 10.2. The first-order valence-electron chi connectivity index (χ1n) is 8.33. The molecule has 4 N–H and O–H groups in total. The van der Waals surface area contributed by atoms with Gasteiger partial charge in [0.05, 0.1) is 16.9 Å². The molecule has 0 fully saturated rings. The summed E-state index contributed by atoms with van der Waals surface area (Å²) in [4.78, 5) is 42.8. The van der Waals surface area contributed by atoms with Crippen molar-refractivity contribution < 1.29 is 18.8 Å². The van der Waals surface area contributed by atoms with Crippen molar-refractivity contribution in [1.82, 2.24) is 15.3 Å². The quantitative estimate of drug-likeness (QED) is 0.512. The zero-order valence-electron chi connectivity index (χ0n) is 15.0. The Bertz CT molecular complexity index is 1080. The number of hydrogen-bond acceptors (Lipinski definition) is 4. The van der Waals surface area contributed by atoms with Crippen LogP contribution < -0.4 is 16.0 Å². The van der Waals surface area contributed by atoms with Gasteiger partial charge < -0.3 is 20.9 Å². The van der Waals surface area contributed by atoms with Crippen molar-refractivity contribution in [2.75, 3.05) is 17.7 Å². The molecule has 0 saturated carbocycles. The van der Waals surface area contributed by atoms with Crippen LogP contribution in [0.4, 0.5) is 15.8 Å². The first-order chi connectivity index (χ1) is 13.9. The summed E-state index contributed by atoms with van der Waals surface area (Å²) < 4.78 is 13.5. The van der Waals surface area contributed by atoms with Crippen molar-refractivity contribution in [3.63, 3.8) is 0 Å². The van der Waals surface area contributed by atoms with Crippen LogP contribution >= 0.6 is 11.6 Å². The van der Waals surface area contributed by atoms with E-state index in [1.165, 1.54) is 25.5 Å². The second kappa shape index (κ2) is 8.53. The second-order valence-electron chi connectivity index (χ2n) is 5.79. The molecule has 3 rings (SSSR count). The molecule has 29 heavy (non-hydrogen) atoms. The van der Waals surface area contributed by atoms with Gasteiger partial charge in [0, 0.05) is 18.4 Å². The smallest absolute Gasteiger partial charge is 0.276 e. The molecular formula is C19H15ClFN5O3. The molecular weight excluding hydrogens is 401 g/mol. The minimum absolute atomic E-state index is 0.00399. The molecule has 0 bridgehead atoms. The van der Waals surface area contributed by atoms with Gasteiger partial charge in [-0.2, -0.15) is 0 Å². The third-order valence-corrected chi connectivity index (χ3v) is 4.29. The van der Waals surface area contributed by atoms with Crippen molar-refractivity contribution in [3.05, 3.63) is 76.6 Å². The van der Waals surface area contributed by atoms with Crippen LogP contribution in [0.15, 0.2) is 48.8 Å². The predicted octanol–water partition coefficient (Wildman–Crippen LogP) is 3.07. The average Bonchev–Trinajstić information content (AvgIpc) is 3.21. The second-order valence-corrected chi connectivity index (χ2v) is 6.17. The van der Waals surface area contributed by atoms with Crippen molar-refractivity contribution in [3.8, 4) is 0 Å². The van der Waals surface area contributed by atoms with E-state index >= 15 is 0 Å². The van der Waals surface area contributed by atoms with E-state index in [1.54, 1.807) is 24.3 Å². The molecule has 0 atom stereocenters. The van der Waals surface area contributed by atoms with Gasteiger partial charge in [0.2, 0.25) is 0 Å². The number of hydrogen-bond donors (Lipinski definition) is 4. The van der Waals surface area contributed by atoms with E-state index in [-0.39, 0.29) is 22.0 Å². The Labute approximate surface area is 169 Å². The maximum absolute atomic E-state index is 13.5. The van der Waals surface area contributed by atoms with Gasteiger partial charge in [-0.15, -0.1) is 0 Å². The van der Waals surface area contributed by atoms with Crippen LogP contribution in [0.2, 0.25) is 5.02 Å². The SMILES string of the molecule is CNC(=O)c1[nH]cnc1C(=O)Nc1ccc(NC(=O)c2cccc(F)c2Cl)cc1. The number of amides is 3. The van der Waals surface area contributed by atoms with Crippen LogP contribution in [0.5, 0.6) is 0 Å². The zero-order chi connectivity index (χ0) is 21.0. The summed E-state index contributed by atoms with van der Waals surface area (Å²) in [6.07, 6.45) is 1.25. The van der Waals surface area contributed by atoms with Crippen molar-refractivity contribution in [2.45, 2.75) is 0 Å². The van der Waals surface area contributed by atoms with Crippen LogP contribution in [-0.4, -0.2) is 34.7 Å². The van der Waals surface area contributed by atoms with Crippen LogP contribution in [0, 0.1) is 5.82 Å². The highest BCUT2D eigenvalue weighted by atomic mass is 35.5. The van der Waals surface area contributed by atoms with E-state index in [9.17, 15) is 18.8 Å². The van der Waals surface area contributed by atoms with E-state index < -0.39 is 23.5 Å². The highest BCUT2D eigenvalue weighted by molar-refractivity contribution is 6.34. The number of anilines is 2. The lowest BCUT2D eigenvalue weighted by molar-refractivity contribution is 0.0943. The van der Waals surface area contributed by atoms with Gasteiger partial charge in [0.1, 0.15) is 11.5 Å². The Morgan fingerprint density at radius 1 is 0.966 bits per heavy atom. The maximum atomic E-state index is 13.5. The van der Waals surface area contributed by atoms with Crippen LogP contribution in [0.3, 0.4) is 0 Å². The van der Waals surface area contributed by atoms with E-state index in [4.69, 9.17) is 11.6 Å². The third-order valence-electron chi connectivity index (χ3n) is 3.91. The fourth-order valence-corrected chi connectivity index (χ4v) is 2.68. The van der Waals surface area contributed by atoms with Gasteiger partial charge in [-0.25, -0.2) is 9.37 Å². The summed E-state index contributed by atoms with van der Waals surface area (Å²) in [6, 6.07) is 10.1. The molecule has 3 amide bonds. The van der Waals surface area contributed by atoms with Gasteiger partial charge in [-0.1, -0.05) is 17.7 Å². The summed E-state index contributed by atoms with van der Waals surface area (Å²) in [7, 11) is 1.44. The number of nitrogens with zero attached hydrogens (tertiary/aromatic N) is 1. The number of H-pyrrole nitrogens is 1. The zero-order valence-corrected chi connectivity index (χ0v) is 15.8. The minimum atomic E-state index is -0.688. The molecule has 148 valence electrons. The number of aromatic nitrogens is 2. The molecule has 1 heterocycles. The standard InChI is InChI=1S/C19H15ClFN5O3/c1-22-18(28)15-16(24-9-23-15)19(29)26-11-7-5-10(6-8-11)25-17(27)12-3-2-4-13(21)14(12)20/h2-9H,1H3,(H,22,28)(H,23,24)(H,25,27)(H,26,29). The summed E-state index contributed by atoms with van der Waals surface area (Å²) in [5, 5.41) is 7.35. The highest BCUT2D eigenvalue weighted by Crippen LogP contribution is 2.21. The van der Waals surface area contributed by atoms with Gasteiger partial charge in [0.15, 0.2) is 5.69 Å². The normalized spacial score (nSPS) is 10.3. The Kier molecular flexibility index (Phi) is 5.89. The predicted molar refractivity (Wildman–Crippen MR) is 106 cm³/mol. The molecule has 0 radical (unpaired) electrons. The maximum Gasteiger partial charge on any atom is 0.276 e. The molecule has 0 aliphatic rings. The van der Waals surface area contributed by atoms with E-state index in [0.29, 0.717) is 11.4 Å². The fourth-order valence-electron chi connectivity index (χ4n) is 2.47. The first-order valence-corrected chi connectivity index (χ1v) is 8.70. The number of benzene rings is 2. The molecule has 1 aromatic heterocycles. The molecule has 0 aliphatic carbocycles. The summed E-state index contributed by atoms with van der Waals surface area (Å²) in [5.74, 6) is -2.31. The van der Waals surface area contributed by atoms with E-state index in [1.807, 2.05) is 0 Å². The number of nitrogens with one attached hydrogen (secondary N) is 4. The summed E-state index contributed by atoms with van der Waals surface area (Å²) in [5.41, 5.74) is 0.828. The van der Waals surface area contributed by atoms with E-state index in [2.05, 4.69) is 25.9 Å². The van der Waals surface area contributed by atoms with Crippen LogP contribution in [0.1, 0.15) is 31.3 Å². The third kappa shape index (κ3) is 4.41. The number of aromatic amines is 1. The van der Waals surface area contributed by atoms with Gasteiger partial charge in [-0.3, -0.25) is 14.4 Å². The number of carbonyl (C=O) groups excluding carboxylic acids is 3. The summed E-state index contributed by atoms with van der Waals surface area (Å²) in [6.45, 7) is 0. The van der Waals surface area contributed by atoms with E-state index in [0.717, 1.165) is 6.07 Å². The van der Waals surface area contributed by atoms with Crippen LogP contribution in [-0.2, 0) is 0 Å². The Hall–Kier alpha value is -3.72. The average molecular weight is 416 g/mol. The molecule has 2 aromatic carbocycles. The highest BCUT2D eigenvalue weighted by Gasteiger charge is 2.19. The molecule has 3 aromatic rings. The minimum Gasteiger partial charge on any atom is -0.354 e. The van der Waals surface area contributed by atoms with Gasteiger partial charge >= 0.3 is 0 Å². The first kappa shape index (κ1) is 20.0. The summed E-state index contributed by atoms with van der Waals surface area (Å²) >= 11 is 5.81.